The summed E-state index contributed by atoms with van der Waals surface area (Å²) in [4.78, 5) is 11.9. The molecule has 0 radical (unpaired) electrons. The van der Waals surface area contributed by atoms with Crippen molar-refractivity contribution in [2.24, 2.45) is 10.4 Å². The molecule has 3 N–H and O–H groups in total. The Hall–Kier alpha value is -1.82. The number of guanidine groups is 1. The molecule has 2 unspecified atom stereocenters. The molecule has 1 aliphatic heterocycles. The monoisotopic (exact) mass is 387 g/mol. The van der Waals surface area contributed by atoms with E-state index in [2.05, 4.69) is 46.5 Å². The Labute approximate surface area is 169 Å². The number of aliphatic imine (C=N–C) groups is 1. The van der Waals surface area contributed by atoms with Crippen LogP contribution in [0.25, 0.3) is 0 Å². The van der Waals surface area contributed by atoms with Gasteiger partial charge in [-0.1, -0.05) is 25.8 Å². The number of aliphatic hydroxyl groups is 1. The van der Waals surface area contributed by atoms with Gasteiger partial charge in [-0.25, -0.2) is 4.98 Å². The van der Waals surface area contributed by atoms with Crippen molar-refractivity contribution in [2.45, 2.75) is 71.4 Å². The van der Waals surface area contributed by atoms with Crippen LogP contribution < -0.4 is 15.5 Å². The highest BCUT2D eigenvalue weighted by atomic mass is 16.3. The highest BCUT2D eigenvalue weighted by molar-refractivity contribution is 5.80. The molecule has 0 bridgehead atoms. The summed E-state index contributed by atoms with van der Waals surface area (Å²) < 4.78 is 0. The largest absolute Gasteiger partial charge is 0.392 e. The number of nitrogens with one attached hydrogen (secondary N) is 2. The molecular weight excluding hydrogens is 350 g/mol. The number of hydrogen-bond acceptors (Lipinski definition) is 4. The van der Waals surface area contributed by atoms with E-state index in [0.29, 0.717) is 12.6 Å². The quantitative estimate of drug-likeness (QED) is 0.535. The standard InChI is InChI=1S/C22H37N5O/c1-4-23-21(24-16-22(3)13-6-5-9-19(22)28)26-18-11-14-27(15-12-18)20-10-7-8-17(2)25-20/h7-8,10,18-19,28H,4-6,9,11-16H2,1-3H3,(H2,23,24,26). The molecule has 1 aliphatic carbocycles. The SMILES string of the molecule is CCNC(=NCC1(C)CCCCC1O)NC1CCN(c2cccc(C)n2)CC1. The summed E-state index contributed by atoms with van der Waals surface area (Å²) in [5.41, 5.74) is 0.971. The van der Waals surface area contributed by atoms with Crippen LogP contribution in [0.2, 0.25) is 0 Å². The number of aryl methyl sites for hydroxylation is 1. The normalized spacial score (nSPS) is 26.9. The molecule has 6 heteroatoms. The fraction of sp³-hybridized carbons (Fsp3) is 0.727. The number of nitrogens with zero attached hydrogens (tertiary/aromatic N) is 3. The third-order valence-electron chi connectivity index (χ3n) is 6.26. The molecule has 3 rings (SSSR count). The van der Waals surface area contributed by atoms with E-state index in [4.69, 9.17) is 4.99 Å². The molecule has 1 saturated heterocycles. The zero-order valence-electron chi connectivity index (χ0n) is 17.7. The van der Waals surface area contributed by atoms with Gasteiger partial charge in [0, 0.05) is 36.8 Å². The summed E-state index contributed by atoms with van der Waals surface area (Å²) in [7, 11) is 0. The number of pyridine rings is 1. The van der Waals surface area contributed by atoms with Crippen LogP contribution in [0.15, 0.2) is 23.2 Å². The first-order valence-corrected chi connectivity index (χ1v) is 10.9. The van der Waals surface area contributed by atoms with Gasteiger partial charge in [0.2, 0.25) is 0 Å². The van der Waals surface area contributed by atoms with Crippen molar-refractivity contribution in [3.05, 3.63) is 23.9 Å². The van der Waals surface area contributed by atoms with Crippen LogP contribution in [0.3, 0.4) is 0 Å². The summed E-state index contributed by atoms with van der Waals surface area (Å²) in [5, 5.41) is 17.4. The van der Waals surface area contributed by atoms with E-state index in [1.165, 1.54) is 6.42 Å². The summed E-state index contributed by atoms with van der Waals surface area (Å²) in [6.45, 7) is 9.85. The topological polar surface area (TPSA) is 72.8 Å². The van der Waals surface area contributed by atoms with E-state index in [-0.39, 0.29) is 11.5 Å². The average molecular weight is 388 g/mol. The highest BCUT2D eigenvalue weighted by Gasteiger charge is 2.35. The number of aliphatic hydroxyl groups excluding tert-OH is 1. The van der Waals surface area contributed by atoms with Crippen molar-refractivity contribution >= 4 is 11.8 Å². The zero-order valence-corrected chi connectivity index (χ0v) is 17.7. The Kier molecular flexibility index (Phi) is 7.16. The predicted molar refractivity (Wildman–Crippen MR) is 116 cm³/mol. The van der Waals surface area contributed by atoms with Gasteiger partial charge >= 0.3 is 0 Å². The van der Waals surface area contributed by atoms with Crippen LogP contribution in [0, 0.1) is 12.3 Å². The van der Waals surface area contributed by atoms with Gasteiger partial charge in [-0.2, -0.15) is 0 Å². The Balaban J connectivity index is 1.54. The van der Waals surface area contributed by atoms with Crippen molar-refractivity contribution in [3.8, 4) is 0 Å². The molecule has 2 heterocycles. The molecule has 2 atom stereocenters. The number of piperidine rings is 1. The Bertz CT molecular complexity index is 656. The first-order valence-electron chi connectivity index (χ1n) is 10.9. The van der Waals surface area contributed by atoms with Gasteiger partial charge in [-0.3, -0.25) is 4.99 Å². The number of rotatable bonds is 5. The molecule has 0 amide bonds. The molecule has 2 aliphatic rings. The Morgan fingerprint density at radius 2 is 2.07 bits per heavy atom. The predicted octanol–water partition coefficient (Wildman–Crippen LogP) is 2.86. The maximum atomic E-state index is 10.4. The summed E-state index contributed by atoms with van der Waals surface area (Å²) >= 11 is 0. The molecule has 1 saturated carbocycles. The van der Waals surface area contributed by atoms with Crippen LogP contribution >= 0.6 is 0 Å². The Morgan fingerprint density at radius 1 is 1.29 bits per heavy atom. The minimum Gasteiger partial charge on any atom is -0.392 e. The molecule has 0 spiro atoms. The van der Waals surface area contributed by atoms with Crippen LogP contribution in [-0.4, -0.2) is 54.4 Å². The number of aromatic nitrogens is 1. The van der Waals surface area contributed by atoms with Crippen molar-refractivity contribution in [1.82, 2.24) is 15.6 Å². The van der Waals surface area contributed by atoms with Crippen molar-refractivity contribution < 1.29 is 5.11 Å². The van der Waals surface area contributed by atoms with Crippen LogP contribution in [-0.2, 0) is 0 Å². The lowest BCUT2D eigenvalue weighted by Gasteiger charge is -2.37. The molecule has 156 valence electrons. The lowest BCUT2D eigenvalue weighted by Crippen LogP contribution is -2.49. The Morgan fingerprint density at radius 3 is 2.75 bits per heavy atom. The first kappa shape index (κ1) is 20.9. The second-order valence-corrected chi connectivity index (χ2v) is 8.65. The van der Waals surface area contributed by atoms with E-state index in [1.54, 1.807) is 0 Å². The minimum atomic E-state index is -0.238. The van der Waals surface area contributed by atoms with Crippen molar-refractivity contribution in [1.29, 1.82) is 0 Å². The second kappa shape index (κ2) is 9.59. The minimum absolute atomic E-state index is 0.0964. The van der Waals surface area contributed by atoms with Gasteiger partial charge in [-0.15, -0.1) is 0 Å². The molecule has 6 nitrogen and oxygen atoms in total. The molecule has 1 aromatic heterocycles. The highest BCUT2D eigenvalue weighted by Crippen LogP contribution is 2.36. The first-order chi connectivity index (χ1) is 13.5. The zero-order chi connectivity index (χ0) is 20.0. The van der Waals surface area contributed by atoms with Gasteiger partial charge in [0.25, 0.3) is 0 Å². The van der Waals surface area contributed by atoms with Crippen molar-refractivity contribution in [2.75, 3.05) is 31.1 Å². The molecule has 0 aromatic carbocycles. The lowest BCUT2D eigenvalue weighted by atomic mass is 9.73. The molecule has 28 heavy (non-hydrogen) atoms. The van der Waals surface area contributed by atoms with Crippen LogP contribution in [0.1, 0.15) is 58.1 Å². The van der Waals surface area contributed by atoms with Gasteiger partial charge in [-0.05, 0) is 51.7 Å². The second-order valence-electron chi connectivity index (χ2n) is 8.65. The number of anilines is 1. The van der Waals surface area contributed by atoms with Crippen molar-refractivity contribution in [3.63, 3.8) is 0 Å². The maximum Gasteiger partial charge on any atom is 0.191 e. The van der Waals surface area contributed by atoms with Crippen LogP contribution in [0.4, 0.5) is 5.82 Å². The maximum absolute atomic E-state index is 10.4. The number of hydrogen-bond donors (Lipinski definition) is 3. The third kappa shape index (κ3) is 5.37. The van der Waals surface area contributed by atoms with Gasteiger partial charge in [0.15, 0.2) is 5.96 Å². The smallest absolute Gasteiger partial charge is 0.191 e. The van der Waals surface area contributed by atoms with E-state index >= 15 is 0 Å². The third-order valence-corrected chi connectivity index (χ3v) is 6.26. The average Bonchev–Trinajstić information content (AvgIpc) is 2.69. The lowest BCUT2D eigenvalue weighted by molar-refractivity contribution is 0.00715. The summed E-state index contributed by atoms with van der Waals surface area (Å²) in [6.07, 6.45) is 6.18. The summed E-state index contributed by atoms with van der Waals surface area (Å²) in [6, 6.07) is 6.64. The van der Waals surface area contributed by atoms with Gasteiger partial charge < -0.3 is 20.6 Å². The van der Waals surface area contributed by atoms with E-state index in [0.717, 1.165) is 69.2 Å². The molecular formula is C22H37N5O. The van der Waals surface area contributed by atoms with Gasteiger partial charge in [0.1, 0.15) is 5.82 Å². The van der Waals surface area contributed by atoms with E-state index < -0.39 is 0 Å². The molecule has 1 aromatic rings. The van der Waals surface area contributed by atoms with E-state index in [9.17, 15) is 5.11 Å². The fourth-order valence-corrected chi connectivity index (χ4v) is 4.30. The van der Waals surface area contributed by atoms with Crippen LogP contribution in [0.5, 0.6) is 0 Å². The molecule has 2 fully saturated rings. The van der Waals surface area contributed by atoms with E-state index in [1.807, 2.05) is 13.0 Å². The fourth-order valence-electron chi connectivity index (χ4n) is 4.30. The summed E-state index contributed by atoms with van der Waals surface area (Å²) in [5.74, 6) is 1.96. The van der Waals surface area contributed by atoms with Gasteiger partial charge in [0.05, 0.1) is 12.6 Å².